The maximum absolute atomic E-state index is 13.8. The fraction of sp³-hybridized carbons (Fsp3) is 0.0400. The van der Waals surface area contributed by atoms with Crippen LogP contribution in [0.4, 0.5) is 21.6 Å². The van der Waals surface area contributed by atoms with Crippen LogP contribution in [0.5, 0.6) is 0 Å². The summed E-state index contributed by atoms with van der Waals surface area (Å²) < 4.78 is 13.8. The molecule has 4 rings (SSSR count). The molecule has 4 nitrogen and oxygen atoms in total. The Morgan fingerprint density at radius 3 is 2.17 bits per heavy atom. The number of halogens is 1. The van der Waals surface area contributed by atoms with E-state index in [-0.39, 0.29) is 5.56 Å². The van der Waals surface area contributed by atoms with Crippen LogP contribution in [0.1, 0.15) is 15.9 Å². The van der Waals surface area contributed by atoms with Gasteiger partial charge in [0.25, 0.3) is 5.91 Å². The van der Waals surface area contributed by atoms with E-state index < -0.39 is 11.7 Å². The van der Waals surface area contributed by atoms with E-state index in [0.29, 0.717) is 12.2 Å². The van der Waals surface area contributed by atoms with Gasteiger partial charge in [-0.25, -0.2) is 9.37 Å². The average Bonchev–Trinajstić information content (AvgIpc) is 2.80. The van der Waals surface area contributed by atoms with E-state index >= 15 is 0 Å². The van der Waals surface area contributed by atoms with Crippen molar-refractivity contribution in [2.24, 2.45) is 0 Å². The minimum atomic E-state index is -0.558. The van der Waals surface area contributed by atoms with E-state index in [0.717, 1.165) is 17.1 Å². The fourth-order valence-electron chi connectivity index (χ4n) is 3.14. The second kappa shape index (κ2) is 9.01. The molecule has 1 N–H and O–H groups in total. The van der Waals surface area contributed by atoms with Gasteiger partial charge in [0, 0.05) is 12.2 Å². The Bertz CT molecular complexity index is 1120. The molecule has 0 radical (unpaired) electrons. The molecule has 3 aromatic carbocycles. The van der Waals surface area contributed by atoms with Crippen molar-refractivity contribution in [3.63, 3.8) is 0 Å². The second-order valence-corrected chi connectivity index (χ2v) is 6.75. The number of amides is 1. The summed E-state index contributed by atoms with van der Waals surface area (Å²) in [6, 6.07) is 29.6. The first-order chi connectivity index (χ1) is 14.7. The molecule has 0 spiro atoms. The number of rotatable bonds is 6. The summed E-state index contributed by atoms with van der Waals surface area (Å²) >= 11 is 0. The smallest absolute Gasteiger partial charge is 0.258 e. The molecular weight excluding hydrogens is 377 g/mol. The standard InChI is InChI=1S/C25H20FN3O/c26-23-14-8-7-13-22(23)25(30)28-20-15-16-24(27-17-20)29(21-11-5-2-6-12-21)18-19-9-3-1-4-10-19/h1-17H,18H2,(H,28,30). The van der Waals surface area contributed by atoms with E-state index in [1.54, 1.807) is 24.4 Å². The maximum atomic E-state index is 13.8. The van der Waals surface area contributed by atoms with E-state index in [9.17, 15) is 9.18 Å². The van der Waals surface area contributed by atoms with E-state index in [1.165, 1.54) is 12.1 Å². The summed E-state index contributed by atoms with van der Waals surface area (Å²) in [7, 11) is 0. The highest BCUT2D eigenvalue weighted by molar-refractivity contribution is 6.04. The molecular formula is C25H20FN3O. The maximum Gasteiger partial charge on any atom is 0.258 e. The molecule has 0 aliphatic heterocycles. The Kier molecular flexibility index (Phi) is 5.80. The molecule has 0 aliphatic rings. The second-order valence-electron chi connectivity index (χ2n) is 6.75. The summed E-state index contributed by atoms with van der Waals surface area (Å²) in [6.45, 7) is 0.652. The molecule has 1 aromatic heterocycles. The number of carbonyl (C=O) groups is 1. The van der Waals surface area contributed by atoms with Crippen molar-refractivity contribution >= 4 is 23.1 Å². The number of para-hydroxylation sites is 1. The van der Waals surface area contributed by atoms with Gasteiger partial charge in [0.05, 0.1) is 17.4 Å². The monoisotopic (exact) mass is 397 g/mol. The molecule has 0 bridgehead atoms. The largest absolute Gasteiger partial charge is 0.322 e. The van der Waals surface area contributed by atoms with Gasteiger partial charge in [0.1, 0.15) is 11.6 Å². The third-order valence-electron chi connectivity index (χ3n) is 4.65. The van der Waals surface area contributed by atoms with Crippen molar-refractivity contribution < 1.29 is 9.18 Å². The van der Waals surface area contributed by atoms with Gasteiger partial charge in [0.15, 0.2) is 0 Å². The first-order valence-corrected chi connectivity index (χ1v) is 9.59. The molecule has 1 amide bonds. The average molecular weight is 397 g/mol. The van der Waals surface area contributed by atoms with Crippen molar-refractivity contribution in [2.75, 3.05) is 10.2 Å². The van der Waals surface area contributed by atoms with E-state index in [1.807, 2.05) is 54.6 Å². The zero-order valence-electron chi connectivity index (χ0n) is 16.2. The topological polar surface area (TPSA) is 45.2 Å². The molecule has 0 atom stereocenters. The van der Waals surface area contributed by atoms with Gasteiger partial charge in [-0.3, -0.25) is 4.79 Å². The van der Waals surface area contributed by atoms with Gasteiger partial charge in [0.2, 0.25) is 0 Å². The molecule has 30 heavy (non-hydrogen) atoms. The highest BCUT2D eigenvalue weighted by Crippen LogP contribution is 2.26. The number of anilines is 3. The van der Waals surface area contributed by atoms with Crippen LogP contribution in [0.15, 0.2) is 103 Å². The Morgan fingerprint density at radius 2 is 1.50 bits per heavy atom. The van der Waals surface area contributed by atoms with Gasteiger partial charge in [-0.05, 0) is 42.0 Å². The number of aromatic nitrogens is 1. The van der Waals surface area contributed by atoms with Crippen LogP contribution in [-0.2, 0) is 6.54 Å². The van der Waals surface area contributed by atoms with Gasteiger partial charge >= 0.3 is 0 Å². The molecule has 4 aromatic rings. The van der Waals surface area contributed by atoms with Crippen molar-refractivity contribution in [2.45, 2.75) is 6.54 Å². The van der Waals surface area contributed by atoms with Crippen molar-refractivity contribution in [1.29, 1.82) is 0 Å². The molecule has 0 saturated heterocycles. The SMILES string of the molecule is O=C(Nc1ccc(N(Cc2ccccc2)c2ccccc2)nc1)c1ccccc1F. The van der Waals surface area contributed by atoms with Gasteiger partial charge in [-0.1, -0.05) is 60.7 Å². The van der Waals surface area contributed by atoms with Crippen LogP contribution >= 0.6 is 0 Å². The summed E-state index contributed by atoms with van der Waals surface area (Å²) in [5, 5.41) is 2.69. The lowest BCUT2D eigenvalue weighted by atomic mass is 10.2. The van der Waals surface area contributed by atoms with Crippen molar-refractivity contribution in [3.05, 3.63) is 120 Å². The van der Waals surface area contributed by atoms with Gasteiger partial charge in [-0.15, -0.1) is 0 Å². The summed E-state index contributed by atoms with van der Waals surface area (Å²) in [4.78, 5) is 19.0. The molecule has 0 aliphatic carbocycles. The molecule has 0 fully saturated rings. The van der Waals surface area contributed by atoms with Crippen LogP contribution in [0.25, 0.3) is 0 Å². The zero-order valence-corrected chi connectivity index (χ0v) is 16.2. The number of hydrogen-bond acceptors (Lipinski definition) is 3. The fourth-order valence-corrected chi connectivity index (χ4v) is 3.14. The first kappa shape index (κ1) is 19.3. The molecule has 0 unspecified atom stereocenters. The predicted molar refractivity (Wildman–Crippen MR) is 117 cm³/mol. The van der Waals surface area contributed by atoms with Crippen molar-refractivity contribution in [3.8, 4) is 0 Å². The minimum Gasteiger partial charge on any atom is -0.322 e. The van der Waals surface area contributed by atoms with Crippen LogP contribution in [-0.4, -0.2) is 10.9 Å². The number of benzene rings is 3. The Balaban J connectivity index is 1.56. The zero-order chi connectivity index (χ0) is 20.8. The normalized spacial score (nSPS) is 10.4. The van der Waals surface area contributed by atoms with E-state index in [4.69, 9.17) is 0 Å². The molecule has 148 valence electrons. The third-order valence-corrected chi connectivity index (χ3v) is 4.65. The quantitative estimate of drug-likeness (QED) is 0.446. The number of carbonyl (C=O) groups excluding carboxylic acids is 1. The number of nitrogens with zero attached hydrogens (tertiary/aromatic N) is 2. The highest BCUT2D eigenvalue weighted by Gasteiger charge is 2.14. The number of hydrogen-bond donors (Lipinski definition) is 1. The van der Waals surface area contributed by atoms with E-state index in [2.05, 4.69) is 27.3 Å². The van der Waals surface area contributed by atoms with Gasteiger partial charge in [-0.2, -0.15) is 0 Å². The van der Waals surface area contributed by atoms with Crippen LogP contribution in [0.3, 0.4) is 0 Å². The van der Waals surface area contributed by atoms with Crippen molar-refractivity contribution in [1.82, 2.24) is 4.98 Å². The summed E-state index contributed by atoms with van der Waals surface area (Å²) in [5.74, 6) is -0.321. The summed E-state index contributed by atoms with van der Waals surface area (Å²) in [5.41, 5.74) is 2.66. The number of nitrogens with one attached hydrogen (secondary N) is 1. The predicted octanol–water partition coefficient (Wildman–Crippen LogP) is 5.81. The van der Waals surface area contributed by atoms with Crippen LogP contribution in [0, 0.1) is 5.82 Å². The Morgan fingerprint density at radius 1 is 0.833 bits per heavy atom. The first-order valence-electron chi connectivity index (χ1n) is 9.59. The molecule has 1 heterocycles. The Hall–Kier alpha value is -3.99. The number of pyridine rings is 1. The lowest BCUT2D eigenvalue weighted by molar-refractivity contribution is 0.102. The van der Waals surface area contributed by atoms with Crippen LogP contribution < -0.4 is 10.2 Å². The molecule has 0 saturated carbocycles. The lowest BCUT2D eigenvalue weighted by Gasteiger charge is -2.24. The van der Waals surface area contributed by atoms with Gasteiger partial charge < -0.3 is 10.2 Å². The summed E-state index contributed by atoms with van der Waals surface area (Å²) in [6.07, 6.45) is 1.58. The minimum absolute atomic E-state index is 0.00318. The highest BCUT2D eigenvalue weighted by atomic mass is 19.1. The molecule has 5 heteroatoms. The third kappa shape index (κ3) is 4.52. The lowest BCUT2D eigenvalue weighted by Crippen LogP contribution is -2.18. The van der Waals surface area contributed by atoms with Crippen LogP contribution in [0.2, 0.25) is 0 Å². The Labute approximate surface area is 174 Å².